The Morgan fingerprint density at radius 1 is 1.22 bits per heavy atom. The Balaban J connectivity index is 2.25. The molecule has 0 aliphatic heterocycles. The van der Waals surface area contributed by atoms with Crippen LogP contribution in [0.3, 0.4) is 0 Å². The summed E-state index contributed by atoms with van der Waals surface area (Å²) < 4.78 is 1.70. The summed E-state index contributed by atoms with van der Waals surface area (Å²) in [6, 6.07) is 9.04. The van der Waals surface area contributed by atoms with E-state index in [1.165, 1.54) is 0 Å². The van der Waals surface area contributed by atoms with Gasteiger partial charge in [-0.15, -0.1) is 0 Å². The van der Waals surface area contributed by atoms with Crippen molar-refractivity contribution in [3.63, 3.8) is 0 Å². The van der Waals surface area contributed by atoms with Gasteiger partial charge in [0.15, 0.2) is 0 Å². The van der Waals surface area contributed by atoms with Crippen LogP contribution in [-0.4, -0.2) is 10.9 Å². The largest absolute Gasteiger partial charge is 0.320 e. The number of amides is 1. The third-order valence-corrected chi connectivity index (χ3v) is 3.30. The minimum atomic E-state index is -0.159. The third kappa shape index (κ3) is 3.17. The summed E-state index contributed by atoms with van der Waals surface area (Å²) in [7, 11) is 0. The van der Waals surface area contributed by atoms with Crippen molar-refractivity contribution >= 4 is 43.5 Å². The quantitative estimate of drug-likeness (QED) is 0.863. The molecule has 0 radical (unpaired) electrons. The Morgan fingerprint density at radius 2 is 1.89 bits per heavy atom. The maximum Gasteiger partial charge on any atom is 0.255 e. The second-order valence-corrected chi connectivity index (χ2v) is 5.58. The van der Waals surface area contributed by atoms with Gasteiger partial charge in [0.25, 0.3) is 5.91 Å². The van der Waals surface area contributed by atoms with Gasteiger partial charge in [0.05, 0.1) is 11.4 Å². The summed E-state index contributed by atoms with van der Waals surface area (Å²) in [6.45, 7) is 1.85. The van der Waals surface area contributed by atoms with E-state index in [1.54, 1.807) is 24.4 Å². The predicted molar refractivity (Wildman–Crippen MR) is 78.8 cm³/mol. The van der Waals surface area contributed by atoms with E-state index < -0.39 is 0 Å². The number of hydrogen-bond acceptors (Lipinski definition) is 2. The lowest BCUT2D eigenvalue weighted by molar-refractivity contribution is 0.102. The number of pyridine rings is 1. The van der Waals surface area contributed by atoms with E-state index in [-0.39, 0.29) is 5.91 Å². The fourth-order valence-electron chi connectivity index (χ4n) is 1.50. The standard InChI is InChI=1S/C13H10Br2N2O/c1-8-12(3-2-4-16-8)17-13(18)9-5-10(14)7-11(15)6-9/h2-7H,1H3,(H,17,18). The molecule has 1 N–H and O–H groups in total. The number of aryl methyl sites for hydroxylation is 1. The Kier molecular flexibility index (Phi) is 4.14. The zero-order valence-electron chi connectivity index (χ0n) is 9.58. The van der Waals surface area contributed by atoms with E-state index >= 15 is 0 Å². The lowest BCUT2D eigenvalue weighted by Gasteiger charge is -2.08. The fraction of sp³-hybridized carbons (Fsp3) is 0.0769. The number of nitrogens with one attached hydrogen (secondary N) is 1. The van der Waals surface area contributed by atoms with Crippen LogP contribution in [0.25, 0.3) is 0 Å². The fourth-order valence-corrected chi connectivity index (χ4v) is 2.79. The van der Waals surface area contributed by atoms with Gasteiger partial charge in [-0.05, 0) is 37.3 Å². The first-order valence-corrected chi connectivity index (χ1v) is 6.84. The lowest BCUT2D eigenvalue weighted by Crippen LogP contribution is -2.13. The van der Waals surface area contributed by atoms with Gasteiger partial charge < -0.3 is 5.32 Å². The number of nitrogens with zero attached hydrogens (tertiary/aromatic N) is 1. The average molecular weight is 370 g/mol. The maximum atomic E-state index is 12.1. The minimum absolute atomic E-state index is 0.159. The first-order chi connectivity index (χ1) is 8.56. The van der Waals surface area contributed by atoms with Gasteiger partial charge in [-0.3, -0.25) is 9.78 Å². The molecule has 0 aliphatic rings. The molecule has 1 amide bonds. The molecule has 92 valence electrons. The van der Waals surface area contributed by atoms with Crippen molar-refractivity contribution in [1.29, 1.82) is 0 Å². The van der Waals surface area contributed by atoms with Gasteiger partial charge in [0.1, 0.15) is 0 Å². The van der Waals surface area contributed by atoms with Crippen molar-refractivity contribution in [2.75, 3.05) is 5.32 Å². The smallest absolute Gasteiger partial charge is 0.255 e. The van der Waals surface area contributed by atoms with Crippen molar-refractivity contribution in [3.05, 3.63) is 56.7 Å². The molecule has 5 heteroatoms. The van der Waals surface area contributed by atoms with Gasteiger partial charge in [-0.25, -0.2) is 0 Å². The highest BCUT2D eigenvalue weighted by atomic mass is 79.9. The molecule has 0 aliphatic carbocycles. The topological polar surface area (TPSA) is 42.0 Å². The van der Waals surface area contributed by atoms with Crippen molar-refractivity contribution in [2.24, 2.45) is 0 Å². The molecule has 1 aromatic heterocycles. The summed E-state index contributed by atoms with van der Waals surface area (Å²) in [6.07, 6.45) is 1.70. The Morgan fingerprint density at radius 3 is 2.50 bits per heavy atom. The molecule has 0 spiro atoms. The van der Waals surface area contributed by atoms with Crippen molar-refractivity contribution < 1.29 is 4.79 Å². The van der Waals surface area contributed by atoms with E-state index in [2.05, 4.69) is 42.2 Å². The van der Waals surface area contributed by atoms with Crippen LogP contribution in [-0.2, 0) is 0 Å². The van der Waals surface area contributed by atoms with Gasteiger partial charge in [0.2, 0.25) is 0 Å². The van der Waals surface area contributed by atoms with Crippen molar-refractivity contribution in [2.45, 2.75) is 6.92 Å². The first kappa shape index (κ1) is 13.2. The molecule has 1 aromatic carbocycles. The van der Waals surface area contributed by atoms with Crippen LogP contribution in [0.1, 0.15) is 16.1 Å². The van der Waals surface area contributed by atoms with Crippen LogP contribution in [0.4, 0.5) is 5.69 Å². The number of aromatic nitrogens is 1. The van der Waals surface area contributed by atoms with Crippen LogP contribution >= 0.6 is 31.9 Å². The molecule has 2 rings (SSSR count). The molecule has 0 bridgehead atoms. The molecule has 0 unspecified atom stereocenters. The van der Waals surface area contributed by atoms with Gasteiger partial charge >= 0.3 is 0 Å². The van der Waals surface area contributed by atoms with Crippen LogP contribution in [0.5, 0.6) is 0 Å². The summed E-state index contributed by atoms with van der Waals surface area (Å²) in [5.41, 5.74) is 2.10. The lowest BCUT2D eigenvalue weighted by atomic mass is 10.2. The summed E-state index contributed by atoms with van der Waals surface area (Å²) in [5, 5.41) is 2.84. The van der Waals surface area contributed by atoms with Gasteiger partial charge in [-0.1, -0.05) is 31.9 Å². The number of rotatable bonds is 2. The Hall–Kier alpha value is -1.20. The molecular formula is C13H10Br2N2O. The molecule has 18 heavy (non-hydrogen) atoms. The Bertz CT molecular complexity index is 579. The van der Waals surface area contributed by atoms with Crippen molar-refractivity contribution in [3.8, 4) is 0 Å². The second-order valence-electron chi connectivity index (χ2n) is 3.75. The average Bonchev–Trinajstić information content (AvgIpc) is 2.31. The summed E-state index contributed by atoms with van der Waals surface area (Å²) in [4.78, 5) is 16.2. The van der Waals surface area contributed by atoms with E-state index in [0.717, 1.165) is 20.3 Å². The van der Waals surface area contributed by atoms with E-state index in [9.17, 15) is 4.79 Å². The molecule has 2 aromatic rings. The van der Waals surface area contributed by atoms with Gasteiger partial charge in [0, 0.05) is 20.7 Å². The monoisotopic (exact) mass is 368 g/mol. The molecule has 0 saturated heterocycles. The summed E-state index contributed by atoms with van der Waals surface area (Å²) >= 11 is 6.72. The summed E-state index contributed by atoms with van der Waals surface area (Å²) in [5.74, 6) is -0.159. The minimum Gasteiger partial charge on any atom is -0.320 e. The highest BCUT2D eigenvalue weighted by Gasteiger charge is 2.09. The maximum absolute atomic E-state index is 12.1. The number of halogens is 2. The van der Waals surface area contributed by atoms with E-state index in [0.29, 0.717) is 5.56 Å². The van der Waals surface area contributed by atoms with Crippen LogP contribution < -0.4 is 5.32 Å². The number of hydrogen-bond donors (Lipinski definition) is 1. The number of carbonyl (C=O) groups excluding carboxylic acids is 1. The zero-order valence-corrected chi connectivity index (χ0v) is 12.7. The second kappa shape index (κ2) is 5.63. The normalized spacial score (nSPS) is 10.2. The predicted octanol–water partition coefficient (Wildman–Crippen LogP) is 4.17. The highest BCUT2D eigenvalue weighted by Crippen LogP contribution is 2.21. The molecular weight excluding hydrogens is 360 g/mol. The van der Waals surface area contributed by atoms with Crippen LogP contribution in [0.15, 0.2) is 45.5 Å². The molecule has 3 nitrogen and oxygen atoms in total. The number of anilines is 1. The van der Waals surface area contributed by atoms with Crippen molar-refractivity contribution in [1.82, 2.24) is 4.98 Å². The SMILES string of the molecule is Cc1ncccc1NC(=O)c1cc(Br)cc(Br)c1. The molecule has 0 fully saturated rings. The van der Waals surface area contributed by atoms with E-state index in [4.69, 9.17) is 0 Å². The zero-order chi connectivity index (χ0) is 13.1. The molecule has 1 heterocycles. The van der Waals surface area contributed by atoms with Crippen LogP contribution in [0, 0.1) is 6.92 Å². The number of benzene rings is 1. The third-order valence-electron chi connectivity index (χ3n) is 2.38. The van der Waals surface area contributed by atoms with Gasteiger partial charge in [-0.2, -0.15) is 0 Å². The highest BCUT2D eigenvalue weighted by molar-refractivity contribution is 9.11. The number of carbonyl (C=O) groups is 1. The molecule has 0 saturated carbocycles. The first-order valence-electron chi connectivity index (χ1n) is 5.25. The Labute approximate surface area is 122 Å². The molecule has 0 atom stereocenters. The van der Waals surface area contributed by atoms with E-state index in [1.807, 2.05) is 19.1 Å². The van der Waals surface area contributed by atoms with Crippen LogP contribution in [0.2, 0.25) is 0 Å².